The highest BCUT2D eigenvalue weighted by Gasteiger charge is 2.58. The van der Waals surface area contributed by atoms with E-state index >= 15 is 0 Å². The Morgan fingerprint density at radius 3 is 2.58 bits per heavy atom. The molecule has 1 aromatic heterocycles. The Morgan fingerprint density at radius 1 is 1.29 bits per heavy atom. The quantitative estimate of drug-likeness (QED) is 0.326. The third-order valence-electron chi connectivity index (χ3n) is 2.96. The summed E-state index contributed by atoms with van der Waals surface area (Å²) in [6, 6.07) is 0. The molecule has 2 atom stereocenters. The highest BCUT2D eigenvalue weighted by Crippen LogP contribution is 2.67. The van der Waals surface area contributed by atoms with E-state index in [2.05, 4.69) is 8.83 Å². The molecular formula is C9H15ClN2O10P2+2. The first-order valence-corrected chi connectivity index (χ1v) is 9.88. The number of hydrogen-bond acceptors (Lipinski definition) is 10. The third kappa shape index (κ3) is 5.51. The minimum Gasteiger partial charge on any atom is -0.352 e. The van der Waals surface area contributed by atoms with E-state index in [1.165, 1.54) is 0 Å². The smallest absolute Gasteiger partial charge is 0.352 e. The number of nitrogens with zero attached hydrogens (tertiary/aromatic N) is 1. The zero-order valence-electron chi connectivity index (χ0n) is 11.9. The topological polar surface area (TPSA) is 184 Å². The molecule has 0 aliphatic carbocycles. The first-order valence-electron chi connectivity index (χ1n) is 6.41. The van der Waals surface area contributed by atoms with E-state index in [0.717, 1.165) is 10.8 Å². The van der Waals surface area contributed by atoms with Crippen molar-refractivity contribution in [1.82, 2.24) is 9.55 Å². The molecule has 1 aliphatic heterocycles. The molecule has 1 aliphatic rings. The lowest BCUT2D eigenvalue weighted by Gasteiger charge is -2.15. The average molecular weight is 409 g/mol. The van der Waals surface area contributed by atoms with Crippen molar-refractivity contribution in [2.24, 2.45) is 0 Å². The third-order valence-corrected chi connectivity index (χ3v) is 5.45. The maximum Gasteiger partial charge on any atom is 0.620 e. The molecule has 6 N–H and O–H groups in total. The van der Waals surface area contributed by atoms with Gasteiger partial charge in [-0.05, 0) is 12.8 Å². The fourth-order valence-electron chi connectivity index (χ4n) is 2.04. The van der Waals surface area contributed by atoms with Crippen LogP contribution in [0.15, 0.2) is 15.8 Å². The van der Waals surface area contributed by atoms with E-state index < -0.39 is 46.5 Å². The number of halogens is 1. The van der Waals surface area contributed by atoms with Crippen molar-refractivity contribution in [3.8, 4) is 0 Å². The average Bonchev–Trinajstić information content (AvgIpc) is 2.87. The molecule has 12 nitrogen and oxygen atoms in total. The van der Waals surface area contributed by atoms with Crippen LogP contribution in [0.3, 0.4) is 0 Å². The highest BCUT2D eigenvalue weighted by molar-refractivity contribution is 7.67. The van der Waals surface area contributed by atoms with Gasteiger partial charge in [0, 0.05) is 6.20 Å². The van der Waals surface area contributed by atoms with Crippen LogP contribution in [0.1, 0.15) is 19.1 Å². The summed E-state index contributed by atoms with van der Waals surface area (Å²) >= 11 is 5.65. The SMILES string of the molecule is O=c1[nH]c(=O)n(C2CCC(CO[P+](O)(O)O[P+](O)(O)O)O2)cc1Cl. The first kappa shape index (κ1) is 19.8. The van der Waals surface area contributed by atoms with Crippen LogP contribution in [0.4, 0.5) is 0 Å². The molecule has 2 rings (SSSR count). The Hall–Kier alpha value is -0.490. The van der Waals surface area contributed by atoms with E-state index in [1.54, 1.807) is 0 Å². The van der Waals surface area contributed by atoms with Crippen molar-refractivity contribution >= 4 is 27.9 Å². The summed E-state index contributed by atoms with van der Waals surface area (Å²) < 4.78 is 15.0. The lowest BCUT2D eigenvalue weighted by Crippen LogP contribution is -2.32. The van der Waals surface area contributed by atoms with E-state index in [0.29, 0.717) is 12.8 Å². The van der Waals surface area contributed by atoms with E-state index in [9.17, 15) is 19.4 Å². The lowest BCUT2D eigenvalue weighted by molar-refractivity contribution is -0.0274. The van der Waals surface area contributed by atoms with Gasteiger partial charge in [-0.1, -0.05) is 11.6 Å². The van der Waals surface area contributed by atoms with Gasteiger partial charge in [-0.2, -0.15) is 24.5 Å². The van der Waals surface area contributed by atoms with Gasteiger partial charge in [0.25, 0.3) is 5.56 Å². The van der Waals surface area contributed by atoms with Gasteiger partial charge in [0.05, 0.1) is 10.4 Å². The summed E-state index contributed by atoms with van der Waals surface area (Å²) in [4.78, 5) is 69.5. The highest BCUT2D eigenvalue weighted by atomic mass is 35.5. The minimum absolute atomic E-state index is 0.198. The maximum atomic E-state index is 11.7. The van der Waals surface area contributed by atoms with Gasteiger partial charge in [-0.25, -0.2) is 4.79 Å². The van der Waals surface area contributed by atoms with Crippen molar-refractivity contribution in [2.75, 3.05) is 6.61 Å². The van der Waals surface area contributed by atoms with Crippen molar-refractivity contribution in [3.63, 3.8) is 0 Å². The second kappa shape index (κ2) is 7.40. The fourth-order valence-corrected chi connectivity index (χ4v) is 3.88. The second-order valence-electron chi connectivity index (χ2n) is 4.81. The predicted molar refractivity (Wildman–Crippen MR) is 81.4 cm³/mol. The summed E-state index contributed by atoms with van der Waals surface area (Å²) in [5.74, 6) is 0. The molecule has 24 heavy (non-hydrogen) atoms. The molecule has 0 saturated carbocycles. The normalized spacial score (nSPS) is 22.1. The van der Waals surface area contributed by atoms with Gasteiger partial charge >= 0.3 is 22.0 Å². The van der Waals surface area contributed by atoms with Crippen LogP contribution in [0, 0.1) is 0 Å². The molecule has 0 bridgehead atoms. The van der Waals surface area contributed by atoms with Gasteiger partial charge in [0.15, 0.2) is 0 Å². The fraction of sp³-hybridized carbons (Fsp3) is 0.556. The summed E-state index contributed by atoms with van der Waals surface area (Å²) in [6.45, 7) is -0.414. The molecule has 2 heterocycles. The summed E-state index contributed by atoms with van der Waals surface area (Å²) in [6.07, 6.45) is 0.379. The van der Waals surface area contributed by atoms with Crippen molar-refractivity contribution in [3.05, 3.63) is 32.1 Å². The van der Waals surface area contributed by atoms with Crippen LogP contribution in [-0.4, -0.2) is 46.7 Å². The summed E-state index contributed by atoms with van der Waals surface area (Å²) in [7, 11) is -9.54. The minimum atomic E-state index is -4.89. The predicted octanol–water partition coefficient (Wildman–Crippen LogP) is -0.783. The molecule has 0 radical (unpaired) electrons. The number of hydrogen-bond donors (Lipinski definition) is 6. The number of rotatable bonds is 6. The molecule has 2 unspecified atom stereocenters. The zero-order valence-corrected chi connectivity index (χ0v) is 14.4. The molecule has 1 fully saturated rings. The van der Waals surface area contributed by atoms with Gasteiger partial charge < -0.3 is 4.74 Å². The molecular weight excluding hydrogens is 394 g/mol. The molecule has 0 aromatic carbocycles. The Morgan fingerprint density at radius 2 is 1.96 bits per heavy atom. The van der Waals surface area contributed by atoms with Crippen LogP contribution in [0.2, 0.25) is 5.02 Å². The molecule has 15 heteroatoms. The van der Waals surface area contributed by atoms with Crippen molar-refractivity contribution < 1.29 is 38.0 Å². The molecule has 0 spiro atoms. The van der Waals surface area contributed by atoms with Crippen LogP contribution in [0.25, 0.3) is 0 Å². The number of aromatic nitrogens is 2. The molecule has 1 saturated heterocycles. The van der Waals surface area contributed by atoms with Crippen LogP contribution < -0.4 is 11.2 Å². The largest absolute Gasteiger partial charge is 0.620 e. The zero-order chi connectivity index (χ0) is 18.1. The number of ether oxygens (including phenoxy) is 1. The summed E-state index contributed by atoms with van der Waals surface area (Å²) in [5.41, 5.74) is -1.45. The Bertz CT molecular complexity index is 701. The lowest BCUT2D eigenvalue weighted by atomic mass is 10.2. The molecule has 0 amide bonds. The van der Waals surface area contributed by atoms with Gasteiger partial charge in [0.1, 0.15) is 17.9 Å². The number of aromatic amines is 1. The monoisotopic (exact) mass is 408 g/mol. The Kier molecular flexibility index (Phi) is 6.12. The van der Waals surface area contributed by atoms with Gasteiger partial charge in [-0.3, -0.25) is 14.3 Å². The van der Waals surface area contributed by atoms with Crippen LogP contribution in [-0.2, 0) is 13.6 Å². The van der Waals surface area contributed by atoms with E-state index in [4.69, 9.17) is 31.0 Å². The Balaban J connectivity index is 1.95. The first-order chi connectivity index (χ1) is 11.0. The molecule has 136 valence electrons. The van der Waals surface area contributed by atoms with Crippen molar-refractivity contribution in [1.29, 1.82) is 0 Å². The standard InChI is InChI=1S/C9H14ClN2O10P2/c10-6-3-12(9(14)11-8(6)13)7-2-1-5(21-7)4-20-24(18,19)22-23(15,16)17/h3,5,7,15-19H,1-2,4H2/q+1/p+1. The van der Waals surface area contributed by atoms with Gasteiger partial charge in [-0.15, -0.1) is 4.52 Å². The van der Waals surface area contributed by atoms with E-state index in [-0.39, 0.29) is 5.02 Å². The molecule has 1 aromatic rings. The number of nitrogens with one attached hydrogen (secondary N) is 1. The van der Waals surface area contributed by atoms with Crippen LogP contribution >= 0.6 is 27.9 Å². The van der Waals surface area contributed by atoms with Crippen molar-refractivity contribution in [2.45, 2.75) is 25.2 Å². The number of H-pyrrole nitrogens is 1. The van der Waals surface area contributed by atoms with Gasteiger partial charge in [0.2, 0.25) is 0 Å². The Labute approximate surface area is 140 Å². The summed E-state index contributed by atoms with van der Waals surface area (Å²) in [5, 5.41) is -0.198. The second-order valence-corrected chi connectivity index (χ2v) is 8.14. The maximum absolute atomic E-state index is 11.7. The van der Waals surface area contributed by atoms with E-state index in [1.807, 2.05) is 4.98 Å². The van der Waals surface area contributed by atoms with Crippen LogP contribution in [0.5, 0.6) is 0 Å².